The SMILES string of the molecule is CSNCCc1cc2ccc(C=C(C)C)cc2o1. The Morgan fingerprint density at radius 3 is 2.89 bits per heavy atom. The number of hydrogen-bond acceptors (Lipinski definition) is 3. The molecule has 2 aromatic rings. The highest BCUT2D eigenvalue weighted by Crippen LogP contribution is 2.22. The normalized spacial score (nSPS) is 10.8. The molecule has 1 aromatic carbocycles. The van der Waals surface area contributed by atoms with Gasteiger partial charge < -0.3 is 4.42 Å². The molecule has 0 spiro atoms. The number of benzene rings is 1. The number of rotatable bonds is 5. The van der Waals surface area contributed by atoms with Crippen LogP contribution in [0.3, 0.4) is 0 Å². The van der Waals surface area contributed by atoms with E-state index in [1.807, 2.05) is 6.26 Å². The van der Waals surface area contributed by atoms with Crippen molar-refractivity contribution >= 4 is 29.0 Å². The summed E-state index contributed by atoms with van der Waals surface area (Å²) in [7, 11) is 0. The van der Waals surface area contributed by atoms with Crippen LogP contribution >= 0.6 is 11.9 Å². The maximum absolute atomic E-state index is 5.86. The van der Waals surface area contributed by atoms with Gasteiger partial charge in [-0.25, -0.2) is 0 Å². The maximum Gasteiger partial charge on any atom is 0.134 e. The molecule has 1 N–H and O–H groups in total. The summed E-state index contributed by atoms with van der Waals surface area (Å²) in [6.45, 7) is 5.14. The predicted octanol–water partition coefficient (Wildman–Crippen LogP) is 4.27. The maximum atomic E-state index is 5.86. The van der Waals surface area contributed by atoms with Crippen LogP contribution in [-0.2, 0) is 6.42 Å². The van der Waals surface area contributed by atoms with E-state index in [1.165, 1.54) is 16.5 Å². The molecule has 18 heavy (non-hydrogen) atoms. The van der Waals surface area contributed by atoms with E-state index in [4.69, 9.17) is 4.42 Å². The summed E-state index contributed by atoms with van der Waals surface area (Å²) in [4.78, 5) is 0. The molecule has 0 atom stereocenters. The highest BCUT2D eigenvalue weighted by Gasteiger charge is 2.03. The average Bonchev–Trinajstić information content (AvgIpc) is 2.70. The average molecular weight is 261 g/mol. The van der Waals surface area contributed by atoms with E-state index in [1.54, 1.807) is 11.9 Å². The summed E-state index contributed by atoms with van der Waals surface area (Å²) in [5.74, 6) is 1.04. The minimum absolute atomic E-state index is 0.924. The molecule has 0 saturated heterocycles. The van der Waals surface area contributed by atoms with E-state index in [0.29, 0.717) is 0 Å². The molecule has 0 fully saturated rings. The Kier molecular flexibility index (Phi) is 4.50. The molecule has 1 aromatic heterocycles. The smallest absolute Gasteiger partial charge is 0.134 e. The van der Waals surface area contributed by atoms with Gasteiger partial charge in [0.1, 0.15) is 11.3 Å². The van der Waals surface area contributed by atoms with Crippen molar-refractivity contribution in [2.75, 3.05) is 12.8 Å². The van der Waals surface area contributed by atoms with Crippen molar-refractivity contribution in [1.82, 2.24) is 4.72 Å². The molecule has 0 bridgehead atoms. The molecule has 1 heterocycles. The van der Waals surface area contributed by atoms with Gasteiger partial charge in [0.05, 0.1) is 0 Å². The lowest BCUT2D eigenvalue weighted by Crippen LogP contribution is -2.06. The van der Waals surface area contributed by atoms with Crippen LogP contribution in [0.4, 0.5) is 0 Å². The van der Waals surface area contributed by atoms with E-state index < -0.39 is 0 Å². The first-order valence-electron chi connectivity index (χ1n) is 6.12. The first-order valence-corrected chi connectivity index (χ1v) is 7.35. The number of allylic oxidation sites excluding steroid dienone is 1. The quantitative estimate of drug-likeness (QED) is 0.643. The van der Waals surface area contributed by atoms with Crippen molar-refractivity contribution in [3.05, 3.63) is 41.2 Å². The summed E-state index contributed by atoms with van der Waals surface area (Å²) in [5.41, 5.74) is 3.47. The van der Waals surface area contributed by atoms with E-state index >= 15 is 0 Å². The second kappa shape index (κ2) is 6.12. The van der Waals surface area contributed by atoms with Gasteiger partial charge in [0.15, 0.2) is 0 Å². The Morgan fingerprint density at radius 2 is 2.17 bits per heavy atom. The van der Waals surface area contributed by atoms with Crippen molar-refractivity contribution in [1.29, 1.82) is 0 Å². The van der Waals surface area contributed by atoms with Gasteiger partial charge in [0.2, 0.25) is 0 Å². The van der Waals surface area contributed by atoms with Gasteiger partial charge in [-0.1, -0.05) is 35.7 Å². The summed E-state index contributed by atoms with van der Waals surface area (Å²) in [5, 5.41) is 1.18. The molecule has 0 amide bonds. The molecular formula is C15H19NOS. The molecule has 96 valence electrons. The Bertz CT molecular complexity index is 553. The van der Waals surface area contributed by atoms with Gasteiger partial charge in [-0.2, -0.15) is 0 Å². The summed E-state index contributed by atoms with van der Waals surface area (Å²) in [6.07, 6.45) is 5.12. The minimum Gasteiger partial charge on any atom is -0.461 e. The topological polar surface area (TPSA) is 25.2 Å². The van der Waals surface area contributed by atoms with Crippen molar-refractivity contribution in [3.63, 3.8) is 0 Å². The first kappa shape index (κ1) is 13.2. The van der Waals surface area contributed by atoms with E-state index in [9.17, 15) is 0 Å². The van der Waals surface area contributed by atoms with Gasteiger partial charge in [-0.15, -0.1) is 0 Å². The van der Waals surface area contributed by atoms with Crippen molar-refractivity contribution in [3.8, 4) is 0 Å². The number of fused-ring (bicyclic) bond motifs is 1. The molecular weight excluding hydrogens is 242 g/mol. The lowest BCUT2D eigenvalue weighted by atomic mass is 10.1. The summed E-state index contributed by atoms with van der Waals surface area (Å²) >= 11 is 1.64. The second-order valence-electron chi connectivity index (χ2n) is 4.58. The van der Waals surface area contributed by atoms with E-state index in [0.717, 1.165) is 24.3 Å². The largest absolute Gasteiger partial charge is 0.461 e. The van der Waals surface area contributed by atoms with Gasteiger partial charge in [0, 0.05) is 18.4 Å². The van der Waals surface area contributed by atoms with E-state index in [2.05, 4.69) is 48.9 Å². The van der Waals surface area contributed by atoms with Crippen molar-refractivity contribution < 1.29 is 4.42 Å². The van der Waals surface area contributed by atoms with Gasteiger partial charge in [0.25, 0.3) is 0 Å². The molecule has 0 aliphatic carbocycles. The lowest BCUT2D eigenvalue weighted by molar-refractivity contribution is 0.547. The van der Waals surface area contributed by atoms with Crippen LogP contribution in [-0.4, -0.2) is 12.8 Å². The highest BCUT2D eigenvalue weighted by atomic mass is 32.2. The third-order valence-electron chi connectivity index (χ3n) is 2.67. The van der Waals surface area contributed by atoms with Crippen LogP contribution in [0, 0.1) is 0 Å². The molecule has 0 unspecified atom stereocenters. The van der Waals surface area contributed by atoms with Crippen molar-refractivity contribution in [2.24, 2.45) is 0 Å². The molecule has 0 aliphatic rings. The fourth-order valence-corrected chi connectivity index (χ4v) is 2.23. The zero-order valence-corrected chi connectivity index (χ0v) is 11.9. The van der Waals surface area contributed by atoms with E-state index in [-0.39, 0.29) is 0 Å². The van der Waals surface area contributed by atoms with Crippen molar-refractivity contribution in [2.45, 2.75) is 20.3 Å². The first-order chi connectivity index (χ1) is 8.69. The standard InChI is InChI=1S/C15H19NOS/c1-11(2)8-12-4-5-13-10-14(6-7-16-18-3)17-15(13)9-12/h4-5,8-10,16H,6-7H2,1-3H3. The molecule has 0 saturated carbocycles. The second-order valence-corrected chi connectivity index (χ2v) is 5.28. The predicted molar refractivity (Wildman–Crippen MR) is 80.8 cm³/mol. The summed E-state index contributed by atoms with van der Waals surface area (Å²) in [6, 6.07) is 8.49. The highest BCUT2D eigenvalue weighted by molar-refractivity contribution is 7.96. The van der Waals surface area contributed by atoms with Crippen LogP contribution in [0.2, 0.25) is 0 Å². The number of nitrogens with one attached hydrogen (secondary N) is 1. The third kappa shape index (κ3) is 3.40. The monoisotopic (exact) mass is 261 g/mol. The zero-order valence-electron chi connectivity index (χ0n) is 11.1. The summed E-state index contributed by atoms with van der Waals surface area (Å²) < 4.78 is 9.08. The Hall–Kier alpha value is -1.19. The third-order valence-corrected chi connectivity index (χ3v) is 3.16. The van der Waals surface area contributed by atoms with Gasteiger partial charge >= 0.3 is 0 Å². The lowest BCUT2D eigenvalue weighted by Gasteiger charge is -1.96. The van der Waals surface area contributed by atoms with Crippen LogP contribution in [0.1, 0.15) is 25.2 Å². The van der Waals surface area contributed by atoms with Gasteiger partial charge in [-0.05, 0) is 37.8 Å². The fourth-order valence-electron chi connectivity index (χ4n) is 1.93. The number of hydrogen-bond donors (Lipinski definition) is 1. The molecule has 2 rings (SSSR count). The van der Waals surface area contributed by atoms with Crippen LogP contribution in [0.15, 0.2) is 34.3 Å². The Labute approximate surface area is 113 Å². The fraction of sp³-hybridized carbons (Fsp3) is 0.333. The molecule has 0 radical (unpaired) electrons. The Balaban J connectivity index is 2.20. The van der Waals surface area contributed by atoms with Crippen LogP contribution < -0.4 is 4.72 Å². The molecule has 0 aliphatic heterocycles. The van der Waals surface area contributed by atoms with Crippen LogP contribution in [0.25, 0.3) is 17.0 Å². The molecule has 3 heteroatoms. The Morgan fingerprint density at radius 1 is 1.33 bits per heavy atom. The van der Waals surface area contributed by atoms with Crippen LogP contribution in [0.5, 0.6) is 0 Å². The minimum atomic E-state index is 0.924. The zero-order chi connectivity index (χ0) is 13.0. The van der Waals surface area contributed by atoms with Gasteiger partial charge in [-0.3, -0.25) is 4.72 Å². The molecule has 2 nitrogen and oxygen atoms in total. The number of furan rings is 1.